The van der Waals surface area contributed by atoms with Crippen LogP contribution in [0.5, 0.6) is 5.75 Å². The Morgan fingerprint density at radius 3 is 2.64 bits per heavy atom. The van der Waals surface area contributed by atoms with Gasteiger partial charge in [0, 0.05) is 19.6 Å². The lowest BCUT2D eigenvalue weighted by molar-refractivity contribution is -0.116. The predicted molar refractivity (Wildman–Crippen MR) is 109 cm³/mol. The second kappa shape index (κ2) is 8.91. The van der Waals surface area contributed by atoms with Crippen molar-refractivity contribution in [3.05, 3.63) is 59.1 Å². The van der Waals surface area contributed by atoms with Crippen molar-refractivity contribution in [1.29, 1.82) is 0 Å². The summed E-state index contributed by atoms with van der Waals surface area (Å²) < 4.78 is 33.7. The van der Waals surface area contributed by atoms with Gasteiger partial charge in [-0.05, 0) is 36.2 Å². The summed E-state index contributed by atoms with van der Waals surface area (Å²) in [6.45, 7) is 0.666. The average molecular weight is 424 g/mol. The SMILES string of the molecule is COc1cccc(CN2CCCN(CC(=O)Nc3ccccc3Cl)S2(=O)=O)c1. The van der Waals surface area contributed by atoms with Crippen LogP contribution in [0.3, 0.4) is 0 Å². The molecule has 150 valence electrons. The summed E-state index contributed by atoms with van der Waals surface area (Å²) in [6.07, 6.45) is 0.641. The minimum Gasteiger partial charge on any atom is -0.497 e. The van der Waals surface area contributed by atoms with E-state index in [0.29, 0.717) is 36.0 Å². The number of carbonyl (C=O) groups is 1. The molecule has 2 aromatic rings. The molecule has 0 unspecified atom stereocenters. The van der Waals surface area contributed by atoms with Crippen molar-refractivity contribution in [1.82, 2.24) is 8.61 Å². The second-order valence-electron chi connectivity index (χ2n) is 6.41. The highest BCUT2D eigenvalue weighted by molar-refractivity contribution is 7.86. The number of rotatable bonds is 6. The van der Waals surface area contributed by atoms with Crippen molar-refractivity contribution in [3.8, 4) is 5.75 Å². The molecular formula is C19H22ClN3O4S. The molecule has 7 nitrogen and oxygen atoms in total. The predicted octanol–water partition coefficient (Wildman–Crippen LogP) is 2.74. The van der Waals surface area contributed by atoms with E-state index in [-0.39, 0.29) is 13.1 Å². The molecule has 1 saturated heterocycles. The highest BCUT2D eigenvalue weighted by atomic mass is 35.5. The average Bonchev–Trinajstić information content (AvgIpc) is 2.67. The molecule has 1 heterocycles. The van der Waals surface area contributed by atoms with Gasteiger partial charge >= 0.3 is 0 Å². The minimum atomic E-state index is -3.75. The number of benzene rings is 2. The molecule has 1 N–H and O–H groups in total. The fourth-order valence-corrected chi connectivity index (χ4v) is 4.85. The first-order valence-corrected chi connectivity index (χ1v) is 10.6. The maximum absolute atomic E-state index is 12.9. The third kappa shape index (κ3) is 4.82. The number of methoxy groups -OCH3 is 1. The van der Waals surface area contributed by atoms with Crippen LogP contribution in [0, 0.1) is 0 Å². The van der Waals surface area contributed by atoms with Gasteiger partial charge in [0.05, 0.1) is 24.4 Å². The van der Waals surface area contributed by atoms with Crippen molar-refractivity contribution < 1.29 is 17.9 Å². The van der Waals surface area contributed by atoms with Gasteiger partial charge in [0.2, 0.25) is 5.91 Å². The molecular weight excluding hydrogens is 402 g/mol. The first-order chi connectivity index (χ1) is 13.4. The Hall–Kier alpha value is -2.13. The van der Waals surface area contributed by atoms with E-state index >= 15 is 0 Å². The molecule has 1 fully saturated rings. The lowest BCUT2D eigenvalue weighted by Crippen LogP contribution is -2.51. The van der Waals surface area contributed by atoms with Gasteiger partial charge in [0.1, 0.15) is 5.75 Å². The standard InChI is InChI=1S/C19H22ClN3O4S/c1-27-16-7-4-6-15(12-16)13-22-10-5-11-23(28(22,25)26)14-19(24)21-18-9-3-2-8-17(18)20/h2-4,6-9,12H,5,10-11,13-14H2,1H3,(H,21,24). The Kier molecular flexibility index (Phi) is 6.56. The van der Waals surface area contributed by atoms with E-state index in [1.807, 2.05) is 12.1 Å². The van der Waals surface area contributed by atoms with Crippen LogP contribution >= 0.6 is 11.6 Å². The highest BCUT2D eigenvalue weighted by Gasteiger charge is 2.34. The first-order valence-electron chi connectivity index (χ1n) is 8.82. The minimum absolute atomic E-state index is 0.224. The Labute approximate surface area is 170 Å². The quantitative estimate of drug-likeness (QED) is 0.774. The summed E-state index contributed by atoms with van der Waals surface area (Å²) in [5, 5.41) is 3.06. The molecule has 3 rings (SSSR count). The smallest absolute Gasteiger partial charge is 0.282 e. The molecule has 0 aliphatic carbocycles. The number of ether oxygens (including phenoxy) is 1. The van der Waals surface area contributed by atoms with E-state index in [0.717, 1.165) is 5.56 Å². The van der Waals surface area contributed by atoms with Crippen molar-refractivity contribution in [3.63, 3.8) is 0 Å². The molecule has 28 heavy (non-hydrogen) atoms. The van der Waals surface area contributed by atoms with Crippen molar-refractivity contribution in [2.45, 2.75) is 13.0 Å². The first kappa shape index (κ1) is 20.6. The largest absolute Gasteiger partial charge is 0.497 e. The topological polar surface area (TPSA) is 79.0 Å². The Balaban J connectivity index is 1.68. The number of halogens is 1. The van der Waals surface area contributed by atoms with Gasteiger partial charge in [-0.15, -0.1) is 0 Å². The number of hydrogen-bond donors (Lipinski definition) is 1. The van der Waals surface area contributed by atoms with Crippen LogP contribution < -0.4 is 10.1 Å². The molecule has 1 amide bonds. The van der Waals surface area contributed by atoms with Crippen molar-refractivity contribution >= 4 is 33.4 Å². The van der Waals surface area contributed by atoms with Crippen LogP contribution in [0.15, 0.2) is 48.5 Å². The fraction of sp³-hybridized carbons (Fsp3) is 0.316. The lowest BCUT2D eigenvalue weighted by atomic mass is 10.2. The molecule has 2 aromatic carbocycles. The van der Waals surface area contributed by atoms with E-state index in [4.69, 9.17) is 16.3 Å². The molecule has 1 aliphatic rings. The fourth-order valence-electron chi connectivity index (χ4n) is 3.03. The molecule has 0 saturated carbocycles. The Morgan fingerprint density at radius 1 is 1.14 bits per heavy atom. The van der Waals surface area contributed by atoms with E-state index < -0.39 is 16.1 Å². The molecule has 0 spiro atoms. The lowest BCUT2D eigenvalue weighted by Gasteiger charge is -2.34. The van der Waals surface area contributed by atoms with Gasteiger partial charge < -0.3 is 10.1 Å². The maximum Gasteiger partial charge on any atom is 0.282 e. The van der Waals surface area contributed by atoms with E-state index in [1.165, 1.54) is 8.61 Å². The normalized spacial score (nSPS) is 17.2. The zero-order valence-electron chi connectivity index (χ0n) is 15.5. The molecule has 0 atom stereocenters. The van der Waals surface area contributed by atoms with Crippen molar-refractivity contribution in [2.24, 2.45) is 0 Å². The van der Waals surface area contributed by atoms with Crippen LogP contribution in [-0.4, -0.2) is 49.7 Å². The number of para-hydroxylation sites is 1. The highest BCUT2D eigenvalue weighted by Crippen LogP contribution is 2.23. The van der Waals surface area contributed by atoms with E-state index in [2.05, 4.69) is 5.32 Å². The van der Waals surface area contributed by atoms with Gasteiger partial charge in [0.25, 0.3) is 10.2 Å². The Morgan fingerprint density at radius 2 is 1.89 bits per heavy atom. The maximum atomic E-state index is 12.9. The van der Waals surface area contributed by atoms with Crippen LogP contribution in [-0.2, 0) is 21.5 Å². The number of amides is 1. The van der Waals surface area contributed by atoms with Gasteiger partial charge in [-0.25, -0.2) is 0 Å². The number of nitrogens with one attached hydrogen (secondary N) is 1. The molecule has 0 aromatic heterocycles. The van der Waals surface area contributed by atoms with Crippen LogP contribution in [0.4, 0.5) is 5.69 Å². The van der Waals surface area contributed by atoms with E-state index in [9.17, 15) is 13.2 Å². The van der Waals surface area contributed by atoms with Crippen LogP contribution in [0.1, 0.15) is 12.0 Å². The van der Waals surface area contributed by atoms with Gasteiger partial charge in [-0.2, -0.15) is 17.0 Å². The van der Waals surface area contributed by atoms with Crippen LogP contribution in [0.25, 0.3) is 0 Å². The monoisotopic (exact) mass is 423 g/mol. The summed E-state index contributed by atoms with van der Waals surface area (Å²) in [6, 6.07) is 14.1. The van der Waals surface area contributed by atoms with Gasteiger partial charge in [-0.1, -0.05) is 35.9 Å². The third-order valence-electron chi connectivity index (χ3n) is 4.43. The molecule has 1 aliphatic heterocycles. The van der Waals surface area contributed by atoms with Crippen LogP contribution in [0.2, 0.25) is 5.02 Å². The molecule has 0 bridgehead atoms. The molecule has 9 heteroatoms. The zero-order chi connectivity index (χ0) is 20.1. The van der Waals surface area contributed by atoms with Gasteiger partial charge in [-0.3, -0.25) is 4.79 Å². The summed E-state index contributed by atoms with van der Waals surface area (Å²) >= 11 is 6.04. The number of hydrogen-bond acceptors (Lipinski definition) is 4. The summed E-state index contributed by atoms with van der Waals surface area (Å²) in [4.78, 5) is 12.4. The summed E-state index contributed by atoms with van der Waals surface area (Å²) in [5.41, 5.74) is 1.28. The van der Waals surface area contributed by atoms with Gasteiger partial charge in [0.15, 0.2) is 0 Å². The third-order valence-corrected chi connectivity index (χ3v) is 6.69. The van der Waals surface area contributed by atoms with Crippen molar-refractivity contribution in [2.75, 3.05) is 32.1 Å². The second-order valence-corrected chi connectivity index (χ2v) is 8.74. The number of carbonyl (C=O) groups excluding carboxylic acids is 1. The number of anilines is 1. The molecule has 0 radical (unpaired) electrons. The Bertz CT molecular complexity index is 952. The number of nitrogens with zero attached hydrogens (tertiary/aromatic N) is 2. The summed E-state index contributed by atoms with van der Waals surface area (Å²) in [5.74, 6) is 0.239. The summed E-state index contributed by atoms with van der Waals surface area (Å²) in [7, 11) is -2.18. The van der Waals surface area contributed by atoms with E-state index in [1.54, 1.807) is 43.5 Å². The zero-order valence-corrected chi connectivity index (χ0v) is 17.0.